The summed E-state index contributed by atoms with van der Waals surface area (Å²) < 4.78 is 0. The predicted molar refractivity (Wildman–Crippen MR) is 69.4 cm³/mol. The van der Waals surface area contributed by atoms with Gasteiger partial charge in [-0.2, -0.15) is 0 Å². The van der Waals surface area contributed by atoms with Gasteiger partial charge in [0.05, 0.1) is 5.69 Å². The molecule has 0 fully saturated rings. The summed E-state index contributed by atoms with van der Waals surface area (Å²) in [6.07, 6.45) is 6.86. The summed E-state index contributed by atoms with van der Waals surface area (Å²) in [5, 5.41) is 3.67. The largest absolute Gasteiger partial charge is 0.306 e. The molecule has 0 unspecified atom stereocenters. The molecule has 0 saturated heterocycles. The van der Waals surface area contributed by atoms with Crippen LogP contribution in [0.25, 0.3) is 0 Å². The lowest BCUT2D eigenvalue weighted by atomic mass is 10.0. The minimum absolute atomic E-state index is 0.351. The molecule has 0 aliphatic rings. The zero-order valence-electron chi connectivity index (χ0n) is 10.7. The summed E-state index contributed by atoms with van der Waals surface area (Å²) >= 11 is 0. The van der Waals surface area contributed by atoms with Gasteiger partial charge in [-0.3, -0.25) is 4.98 Å². The Balaban J connectivity index is 2.50. The van der Waals surface area contributed by atoms with Crippen molar-refractivity contribution in [3.63, 3.8) is 0 Å². The monoisotopic (exact) mass is 220 g/mol. The van der Waals surface area contributed by atoms with Crippen molar-refractivity contribution < 1.29 is 0 Å². The van der Waals surface area contributed by atoms with Crippen molar-refractivity contribution in [2.75, 3.05) is 0 Å². The van der Waals surface area contributed by atoms with Crippen LogP contribution in [0, 0.1) is 0 Å². The molecule has 16 heavy (non-hydrogen) atoms. The van der Waals surface area contributed by atoms with E-state index in [1.807, 2.05) is 12.3 Å². The maximum absolute atomic E-state index is 4.39. The molecule has 1 heterocycles. The van der Waals surface area contributed by atoms with Gasteiger partial charge in [0.25, 0.3) is 0 Å². The van der Waals surface area contributed by atoms with E-state index in [1.54, 1.807) is 0 Å². The lowest BCUT2D eigenvalue weighted by Crippen LogP contribution is -2.31. The Morgan fingerprint density at radius 3 is 2.38 bits per heavy atom. The fraction of sp³-hybridized carbons (Fsp3) is 0.643. The lowest BCUT2D eigenvalue weighted by molar-refractivity contribution is 0.398. The first kappa shape index (κ1) is 13.2. The van der Waals surface area contributed by atoms with Crippen LogP contribution in [0.4, 0.5) is 0 Å². The fourth-order valence-electron chi connectivity index (χ4n) is 2.08. The van der Waals surface area contributed by atoms with Crippen molar-refractivity contribution in [1.82, 2.24) is 10.3 Å². The first-order valence-corrected chi connectivity index (χ1v) is 6.44. The highest BCUT2D eigenvalue weighted by Gasteiger charge is 2.12. The molecule has 1 N–H and O–H groups in total. The Hall–Kier alpha value is -0.890. The summed E-state index contributed by atoms with van der Waals surface area (Å²) in [4.78, 5) is 4.39. The van der Waals surface area contributed by atoms with E-state index >= 15 is 0 Å². The first-order valence-electron chi connectivity index (χ1n) is 6.44. The Kier molecular flexibility index (Phi) is 6.09. The Morgan fingerprint density at radius 2 is 1.88 bits per heavy atom. The van der Waals surface area contributed by atoms with Gasteiger partial charge in [0.1, 0.15) is 0 Å². The molecule has 0 aromatic carbocycles. The molecule has 0 aliphatic carbocycles. The van der Waals surface area contributed by atoms with E-state index in [0.29, 0.717) is 12.1 Å². The molecule has 1 atom stereocenters. The Labute approximate surface area is 99.5 Å². The smallest absolute Gasteiger partial charge is 0.0570 e. The molecule has 0 radical (unpaired) electrons. The van der Waals surface area contributed by atoms with E-state index in [0.717, 1.165) is 5.69 Å². The van der Waals surface area contributed by atoms with E-state index < -0.39 is 0 Å². The molecule has 1 aromatic rings. The predicted octanol–water partition coefficient (Wildman–Crippen LogP) is 3.70. The second-order valence-electron chi connectivity index (χ2n) is 4.42. The van der Waals surface area contributed by atoms with Crippen LogP contribution in [0.2, 0.25) is 0 Å². The summed E-state index contributed by atoms with van der Waals surface area (Å²) in [6, 6.07) is 7.09. The van der Waals surface area contributed by atoms with Gasteiger partial charge in [-0.15, -0.1) is 0 Å². The van der Waals surface area contributed by atoms with Gasteiger partial charge in [0, 0.05) is 18.3 Å². The van der Waals surface area contributed by atoms with Crippen LogP contribution >= 0.6 is 0 Å². The SMILES string of the molecule is CCCC(CCC)N[C@H](C)c1ccccn1. The van der Waals surface area contributed by atoms with Gasteiger partial charge in [-0.1, -0.05) is 32.8 Å². The molecule has 1 rings (SSSR count). The molecule has 2 heteroatoms. The van der Waals surface area contributed by atoms with Crippen molar-refractivity contribution in [3.05, 3.63) is 30.1 Å². The molecule has 0 aliphatic heterocycles. The topological polar surface area (TPSA) is 24.9 Å². The zero-order valence-corrected chi connectivity index (χ0v) is 10.7. The summed E-state index contributed by atoms with van der Waals surface area (Å²) in [6.45, 7) is 6.69. The quantitative estimate of drug-likeness (QED) is 0.758. The Morgan fingerprint density at radius 1 is 1.19 bits per heavy atom. The van der Waals surface area contributed by atoms with Crippen molar-refractivity contribution >= 4 is 0 Å². The number of rotatable bonds is 7. The number of nitrogens with zero attached hydrogens (tertiary/aromatic N) is 1. The van der Waals surface area contributed by atoms with Crippen LogP contribution in [-0.2, 0) is 0 Å². The second kappa shape index (κ2) is 7.39. The highest BCUT2D eigenvalue weighted by atomic mass is 15.0. The molecule has 90 valence electrons. The minimum atomic E-state index is 0.351. The summed E-state index contributed by atoms with van der Waals surface area (Å²) in [7, 11) is 0. The number of nitrogens with one attached hydrogen (secondary N) is 1. The second-order valence-corrected chi connectivity index (χ2v) is 4.42. The number of hydrogen-bond donors (Lipinski definition) is 1. The van der Waals surface area contributed by atoms with E-state index in [4.69, 9.17) is 0 Å². The summed E-state index contributed by atoms with van der Waals surface area (Å²) in [5.74, 6) is 0. The van der Waals surface area contributed by atoms with Gasteiger partial charge in [-0.05, 0) is 31.9 Å². The standard InChI is InChI=1S/C14H24N2/c1-4-8-13(9-5-2)16-12(3)14-10-6-7-11-15-14/h6-7,10-13,16H,4-5,8-9H2,1-3H3/t12-/m1/s1. The molecule has 2 nitrogen and oxygen atoms in total. The van der Waals surface area contributed by atoms with Gasteiger partial charge in [0.2, 0.25) is 0 Å². The third-order valence-electron chi connectivity index (χ3n) is 2.89. The first-order chi connectivity index (χ1) is 7.77. The molecular weight excluding hydrogens is 196 g/mol. The zero-order chi connectivity index (χ0) is 11.8. The molecule has 0 spiro atoms. The minimum Gasteiger partial charge on any atom is -0.306 e. The van der Waals surface area contributed by atoms with Gasteiger partial charge >= 0.3 is 0 Å². The van der Waals surface area contributed by atoms with Crippen molar-refractivity contribution in [2.24, 2.45) is 0 Å². The number of aromatic nitrogens is 1. The molecular formula is C14H24N2. The average molecular weight is 220 g/mol. The third-order valence-corrected chi connectivity index (χ3v) is 2.89. The molecule has 0 saturated carbocycles. The van der Waals surface area contributed by atoms with Crippen LogP contribution < -0.4 is 5.32 Å². The maximum Gasteiger partial charge on any atom is 0.0570 e. The lowest BCUT2D eigenvalue weighted by Gasteiger charge is -2.22. The maximum atomic E-state index is 4.39. The van der Waals surface area contributed by atoms with Crippen LogP contribution in [-0.4, -0.2) is 11.0 Å². The van der Waals surface area contributed by atoms with Crippen LogP contribution in [0.5, 0.6) is 0 Å². The normalized spacial score (nSPS) is 13.0. The van der Waals surface area contributed by atoms with E-state index in [1.165, 1.54) is 25.7 Å². The van der Waals surface area contributed by atoms with E-state index in [2.05, 4.69) is 43.2 Å². The van der Waals surface area contributed by atoms with Gasteiger partial charge < -0.3 is 5.32 Å². The number of hydrogen-bond acceptors (Lipinski definition) is 2. The summed E-state index contributed by atoms with van der Waals surface area (Å²) in [5.41, 5.74) is 1.14. The van der Waals surface area contributed by atoms with Gasteiger partial charge in [-0.25, -0.2) is 0 Å². The van der Waals surface area contributed by atoms with Crippen LogP contribution in [0.1, 0.15) is 58.2 Å². The third kappa shape index (κ3) is 4.31. The number of pyridine rings is 1. The van der Waals surface area contributed by atoms with E-state index in [-0.39, 0.29) is 0 Å². The Bertz CT molecular complexity index is 265. The van der Waals surface area contributed by atoms with Crippen molar-refractivity contribution in [2.45, 2.75) is 58.5 Å². The molecule has 0 bridgehead atoms. The molecule has 0 amide bonds. The fourth-order valence-corrected chi connectivity index (χ4v) is 2.08. The van der Waals surface area contributed by atoms with Crippen LogP contribution in [0.3, 0.4) is 0 Å². The van der Waals surface area contributed by atoms with Crippen molar-refractivity contribution in [3.8, 4) is 0 Å². The highest BCUT2D eigenvalue weighted by Crippen LogP contribution is 2.13. The van der Waals surface area contributed by atoms with Gasteiger partial charge in [0.15, 0.2) is 0 Å². The highest BCUT2D eigenvalue weighted by molar-refractivity contribution is 5.07. The van der Waals surface area contributed by atoms with E-state index in [9.17, 15) is 0 Å². The van der Waals surface area contributed by atoms with Crippen LogP contribution in [0.15, 0.2) is 24.4 Å². The van der Waals surface area contributed by atoms with Crippen molar-refractivity contribution in [1.29, 1.82) is 0 Å². The average Bonchev–Trinajstić information content (AvgIpc) is 2.31. The molecule has 1 aromatic heterocycles.